The molecule has 0 saturated carbocycles. The van der Waals surface area contributed by atoms with Gasteiger partial charge in [0.25, 0.3) is 5.78 Å². The Bertz CT molecular complexity index is 835. The largest absolute Gasteiger partial charge is 1.00 e. The van der Waals surface area contributed by atoms with Gasteiger partial charge in [0.15, 0.2) is 10.1 Å². The fraction of sp³-hybridized carbons (Fsp3) is 0.889. The number of carbonyl (C=O) groups is 1. The second-order valence-corrected chi connectivity index (χ2v) is 7.14. The van der Waals surface area contributed by atoms with Gasteiger partial charge in [-0.15, -0.1) is 0 Å². The van der Waals surface area contributed by atoms with Gasteiger partial charge in [0.2, 0.25) is 0 Å². The number of hydrogen-bond acceptors (Lipinski definition) is 4. The summed E-state index contributed by atoms with van der Waals surface area (Å²) < 4.78 is 237. The van der Waals surface area contributed by atoms with E-state index >= 15 is 0 Å². The Balaban J connectivity index is 0. The van der Waals surface area contributed by atoms with Gasteiger partial charge in [-0.25, -0.2) is 8.42 Å². The first-order chi connectivity index (χ1) is 12.9. The van der Waals surface area contributed by atoms with E-state index in [4.69, 9.17) is 0 Å². The van der Waals surface area contributed by atoms with Crippen LogP contribution >= 0.6 is 11.6 Å². The summed E-state index contributed by atoms with van der Waals surface area (Å²) in [5.74, 6) is -55.4. The quantitative estimate of drug-likeness (QED) is 0.178. The summed E-state index contributed by atoms with van der Waals surface area (Å²) >= 11 is 3.31. The number of halogens is 17. The summed E-state index contributed by atoms with van der Waals surface area (Å²) in [7, 11) is -7.92. The fourth-order valence-electron chi connectivity index (χ4n) is 1.40. The van der Waals surface area contributed by atoms with Crippen molar-refractivity contribution in [1.29, 1.82) is 0 Å². The maximum atomic E-state index is 13.2. The van der Waals surface area contributed by atoms with Crippen molar-refractivity contribution in [1.82, 2.24) is 0 Å². The molecule has 0 radical (unpaired) electrons. The van der Waals surface area contributed by atoms with Gasteiger partial charge in [-0.05, 0) is 11.6 Å². The average Bonchev–Trinajstić information content (AvgIpc) is 2.50. The van der Waals surface area contributed by atoms with Crippen LogP contribution in [0.5, 0.6) is 0 Å². The van der Waals surface area contributed by atoms with Gasteiger partial charge >= 0.3 is 97.6 Å². The minimum Gasteiger partial charge on any atom is -0.743 e. The molecule has 0 unspecified atom stereocenters. The average molecular weight is 583 g/mol. The van der Waals surface area contributed by atoms with Crippen LogP contribution in [0.4, 0.5) is 70.2 Å². The van der Waals surface area contributed by atoms with E-state index in [2.05, 4.69) is 11.6 Å². The zero-order valence-corrected chi connectivity index (χ0v) is 18.7. The number of rotatable bonds is 9. The summed E-state index contributed by atoms with van der Waals surface area (Å²) in [6.45, 7) is 0. The van der Waals surface area contributed by atoms with Crippen LogP contribution in [0.25, 0.3) is 0 Å². The number of hydrogen-bond donors (Lipinski definition) is 0. The Labute approximate surface area is 211 Å². The molecule has 0 aromatic rings. The van der Waals surface area contributed by atoms with Crippen LogP contribution in [0.1, 0.15) is 0 Å². The van der Waals surface area contributed by atoms with Crippen LogP contribution in [0.15, 0.2) is 0 Å². The second kappa shape index (κ2) is 8.80. The molecule has 0 saturated heterocycles. The molecular formula is C9ClF16KO4S. The van der Waals surface area contributed by atoms with Crippen molar-refractivity contribution in [2.24, 2.45) is 0 Å². The van der Waals surface area contributed by atoms with E-state index in [1.54, 1.807) is 0 Å². The number of ketones is 1. The molecule has 0 heterocycles. The van der Waals surface area contributed by atoms with E-state index in [1.165, 1.54) is 0 Å². The van der Waals surface area contributed by atoms with Crippen molar-refractivity contribution in [3.8, 4) is 0 Å². The molecule has 0 spiro atoms. The van der Waals surface area contributed by atoms with Gasteiger partial charge in [0, 0.05) is 0 Å². The summed E-state index contributed by atoms with van der Waals surface area (Å²) in [6, 6.07) is 0. The molecule has 0 aliphatic heterocycles. The zero-order chi connectivity index (χ0) is 26.1. The first-order valence-corrected chi connectivity index (χ1v) is 7.91. The van der Waals surface area contributed by atoms with Crippen molar-refractivity contribution in [3.63, 3.8) is 0 Å². The third kappa shape index (κ3) is 4.62. The molecule has 23 heteroatoms. The second-order valence-electron chi connectivity index (χ2n) is 5.24. The number of alkyl halides is 17. The summed E-state index contributed by atoms with van der Waals surface area (Å²) in [6.07, 6.45) is 0. The minimum atomic E-state index is -8.64. The maximum Gasteiger partial charge on any atom is 1.00 e. The summed E-state index contributed by atoms with van der Waals surface area (Å²) in [5.41, 5.74) is 0. The molecule has 0 amide bonds. The van der Waals surface area contributed by atoms with Crippen LogP contribution in [-0.2, 0) is 14.9 Å². The van der Waals surface area contributed by atoms with Gasteiger partial charge in [-0.2, -0.15) is 70.2 Å². The van der Waals surface area contributed by atoms with Crippen molar-refractivity contribution < 1.29 is 139 Å². The molecule has 0 aromatic heterocycles. The molecule has 0 rings (SSSR count). The molecule has 0 aliphatic carbocycles. The Morgan fingerprint density at radius 2 is 0.875 bits per heavy atom. The molecule has 32 heavy (non-hydrogen) atoms. The third-order valence-electron chi connectivity index (χ3n) is 3.18. The van der Waals surface area contributed by atoms with E-state index in [1.807, 2.05) is 0 Å². The van der Waals surface area contributed by atoms with Gasteiger partial charge in [-0.3, -0.25) is 4.79 Å². The van der Waals surface area contributed by atoms with E-state index in [-0.39, 0.29) is 51.4 Å². The van der Waals surface area contributed by atoms with E-state index in [0.717, 1.165) is 0 Å². The molecule has 0 bridgehead atoms. The Kier molecular flexibility index (Phi) is 9.50. The zero-order valence-electron chi connectivity index (χ0n) is 14.0. The molecular weight excluding hydrogens is 583 g/mol. The Hall–Kier alpha value is 0.386. The van der Waals surface area contributed by atoms with Crippen LogP contribution in [0, 0.1) is 0 Å². The standard InChI is InChI=1S/C9HClF16O4S.K/c10-8(23,24)7(21,22)6(19,20)5(17,18)4(15,16)2(11,12)1(27)3(13,14)9(25,26)31(28,29)30;/h(H,28,29,30);/q;+1/p-1. The van der Waals surface area contributed by atoms with Gasteiger partial charge in [0.1, 0.15) is 0 Å². The monoisotopic (exact) mass is 582 g/mol. The maximum absolute atomic E-state index is 13.2. The fourth-order valence-corrected chi connectivity index (χ4v) is 1.92. The number of carbonyl (C=O) groups excluding carboxylic acids is 1. The SMILES string of the molecule is O=C(C(F)(F)C(F)(F)C(F)(F)C(F)(F)C(F)(F)C(F)(F)Cl)C(F)(F)C(F)(F)S(=O)(=O)[O-].[K+]. The predicted molar refractivity (Wildman–Crippen MR) is 60.1 cm³/mol. The van der Waals surface area contributed by atoms with Gasteiger partial charge < -0.3 is 4.55 Å². The van der Waals surface area contributed by atoms with Crippen molar-refractivity contribution in [2.75, 3.05) is 0 Å². The van der Waals surface area contributed by atoms with Crippen LogP contribution in [0.3, 0.4) is 0 Å². The summed E-state index contributed by atoms with van der Waals surface area (Å²) in [4.78, 5) is 10.6. The van der Waals surface area contributed by atoms with Crippen molar-refractivity contribution in [2.45, 2.75) is 46.2 Å². The molecule has 0 N–H and O–H groups in total. The molecule has 0 fully saturated rings. The number of Topliss-reactive ketones (excluding diaryl/α,β-unsaturated/α-hetero) is 1. The minimum absolute atomic E-state index is 0. The predicted octanol–water partition coefficient (Wildman–Crippen LogP) is 1.34. The van der Waals surface area contributed by atoms with E-state index in [0.29, 0.717) is 0 Å². The van der Waals surface area contributed by atoms with E-state index < -0.39 is 62.1 Å². The Morgan fingerprint density at radius 3 is 1.12 bits per heavy atom. The Morgan fingerprint density at radius 1 is 0.594 bits per heavy atom. The normalized spacial score (nSPS) is 15.9. The van der Waals surface area contributed by atoms with Crippen LogP contribution < -0.4 is 51.4 Å². The topological polar surface area (TPSA) is 74.3 Å². The first-order valence-electron chi connectivity index (χ1n) is 6.12. The molecule has 0 atom stereocenters. The third-order valence-corrected chi connectivity index (χ3v) is 4.30. The molecule has 0 aromatic carbocycles. The van der Waals surface area contributed by atoms with E-state index in [9.17, 15) is 88.0 Å². The smallest absolute Gasteiger partial charge is 0.743 e. The first kappa shape index (κ1) is 34.6. The van der Waals surface area contributed by atoms with Crippen molar-refractivity contribution >= 4 is 27.5 Å². The van der Waals surface area contributed by atoms with Crippen LogP contribution in [-0.4, -0.2) is 64.9 Å². The van der Waals surface area contributed by atoms with Crippen molar-refractivity contribution in [3.05, 3.63) is 0 Å². The van der Waals surface area contributed by atoms with Crippen LogP contribution in [0.2, 0.25) is 0 Å². The molecule has 4 nitrogen and oxygen atoms in total. The molecule has 186 valence electrons. The van der Waals surface area contributed by atoms with Gasteiger partial charge in [-0.1, -0.05) is 0 Å². The summed E-state index contributed by atoms with van der Waals surface area (Å²) in [5, 5.41) is -14.5. The molecule has 0 aliphatic rings. The van der Waals surface area contributed by atoms with Gasteiger partial charge in [0.05, 0.1) is 0 Å².